The van der Waals surface area contributed by atoms with E-state index < -0.39 is 0 Å². The molecule has 0 aromatic carbocycles. The van der Waals surface area contributed by atoms with Crippen molar-refractivity contribution in [1.29, 1.82) is 0 Å². The molecule has 2 nitrogen and oxygen atoms in total. The van der Waals surface area contributed by atoms with Gasteiger partial charge in [0.1, 0.15) is 0 Å². The van der Waals surface area contributed by atoms with E-state index in [4.69, 9.17) is 0 Å². The van der Waals surface area contributed by atoms with Crippen LogP contribution in [-0.2, 0) is 0 Å². The lowest BCUT2D eigenvalue weighted by Gasteiger charge is -2.23. The standard InChI is InChI=1S/C15H16N2/c1-2-13-8-7-12(10-17-13)14-4-3-9-16-15(14)11-5-6-11/h2-4,7-11,15-16H,1,5-6H2. The van der Waals surface area contributed by atoms with Gasteiger partial charge in [-0.05, 0) is 54.3 Å². The summed E-state index contributed by atoms with van der Waals surface area (Å²) in [5.41, 5.74) is 3.50. The van der Waals surface area contributed by atoms with Gasteiger partial charge in [0.25, 0.3) is 0 Å². The number of nitrogens with one attached hydrogen (secondary N) is 1. The fourth-order valence-corrected chi connectivity index (χ4v) is 2.30. The molecule has 2 aliphatic rings. The maximum Gasteiger partial charge on any atom is 0.0624 e. The minimum atomic E-state index is 0.469. The summed E-state index contributed by atoms with van der Waals surface area (Å²) in [7, 11) is 0. The number of hydrogen-bond acceptors (Lipinski definition) is 2. The van der Waals surface area contributed by atoms with Gasteiger partial charge in [-0.1, -0.05) is 18.7 Å². The van der Waals surface area contributed by atoms with Crippen molar-refractivity contribution in [3.8, 4) is 0 Å². The van der Waals surface area contributed by atoms with Crippen LogP contribution in [0.1, 0.15) is 24.1 Å². The van der Waals surface area contributed by atoms with Crippen molar-refractivity contribution in [3.63, 3.8) is 0 Å². The molecule has 1 N–H and O–H groups in total. The van der Waals surface area contributed by atoms with Crippen LogP contribution in [0.25, 0.3) is 11.6 Å². The van der Waals surface area contributed by atoms with E-state index in [0.717, 1.165) is 11.6 Å². The van der Waals surface area contributed by atoms with Crippen LogP contribution in [0.15, 0.2) is 43.3 Å². The van der Waals surface area contributed by atoms with Crippen molar-refractivity contribution >= 4 is 11.6 Å². The highest BCUT2D eigenvalue weighted by Gasteiger charge is 2.34. The Morgan fingerprint density at radius 3 is 2.88 bits per heavy atom. The van der Waals surface area contributed by atoms with Gasteiger partial charge in [-0.3, -0.25) is 4.98 Å². The number of nitrogens with zero attached hydrogens (tertiary/aromatic N) is 1. The Morgan fingerprint density at radius 2 is 2.24 bits per heavy atom. The summed E-state index contributed by atoms with van der Waals surface area (Å²) in [4.78, 5) is 4.38. The highest BCUT2D eigenvalue weighted by molar-refractivity contribution is 5.72. The van der Waals surface area contributed by atoms with Gasteiger partial charge in [0.2, 0.25) is 0 Å². The molecular weight excluding hydrogens is 208 g/mol. The Balaban J connectivity index is 1.91. The first-order valence-corrected chi connectivity index (χ1v) is 6.10. The highest BCUT2D eigenvalue weighted by Crippen LogP contribution is 2.39. The zero-order chi connectivity index (χ0) is 11.7. The van der Waals surface area contributed by atoms with Crippen LogP contribution >= 0.6 is 0 Å². The fraction of sp³-hybridized carbons (Fsp3) is 0.267. The van der Waals surface area contributed by atoms with Crippen LogP contribution in [0.5, 0.6) is 0 Å². The first-order valence-electron chi connectivity index (χ1n) is 6.10. The second-order valence-electron chi connectivity index (χ2n) is 4.64. The summed E-state index contributed by atoms with van der Waals surface area (Å²) in [6, 6.07) is 4.62. The molecule has 1 aromatic rings. The van der Waals surface area contributed by atoms with Crippen LogP contribution in [0.2, 0.25) is 0 Å². The highest BCUT2D eigenvalue weighted by atomic mass is 14.9. The Labute approximate surface area is 102 Å². The monoisotopic (exact) mass is 224 g/mol. The van der Waals surface area contributed by atoms with E-state index in [2.05, 4.69) is 35.1 Å². The Hall–Kier alpha value is -1.83. The normalized spacial score (nSPS) is 22.8. The predicted octanol–water partition coefficient (Wildman–Crippen LogP) is 3.00. The molecule has 1 aliphatic heterocycles. The Kier molecular flexibility index (Phi) is 2.56. The molecule has 0 spiro atoms. The molecule has 3 rings (SSSR count). The molecule has 1 fully saturated rings. The van der Waals surface area contributed by atoms with E-state index in [-0.39, 0.29) is 0 Å². The second-order valence-corrected chi connectivity index (χ2v) is 4.64. The largest absolute Gasteiger partial charge is 0.384 e. The minimum Gasteiger partial charge on any atom is -0.384 e. The molecule has 1 saturated carbocycles. The summed E-state index contributed by atoms with van der Waals surface area (Å²) in [6.07, 6.45) is 12.7. The first-order chi connectivity index (χ1) is 8.38. The lowest BCUT2D eigenvalue weighted by molar-refractivity contribution is 0.631. The number of hydrogen-bond donors (Lipinski definition) is 1. The second kappa shape index (κ2) is 4.21. The van der Waals surface area contributed by atoms with Gasteiger partial charge in [0.05, 0.1) is 11.7 Å². The Bertz CT molecular complexity index is 478. The fourth-order valence-electron chi connectivity index (χ4n) is 2.30. The third-order valence-corrected chi connectivity index (χ3v) is 3.41. The number of pyridine rings is 1. The lowest BCUT2D eigenvalue weighted by Crippen LogP contribution is -2.29. The van der Waals surface area contributed by atoms with E-state index >= 15 is 0 Å². The summed E-state index contributed by atoms with van der Waals surface area (Å²) in [6.45, 7) is 3.73. The van der Waals surface area contributed by atoms with Crippen LogP contribution in [0.4, 0.5) is 0 Å². The van der Waals surface area contributed by atoms with E-state index in [1.54, 1.807) is 6.08 Å². The molecule has 0 bridgehead atoms. The minimum absolute atomic E-state index is 0.469. The van der Waals surface area contributed by atoms with Crippen LogP contribution in [0.3, 0.4) is 0 Å². The average molecular weight is 224 g/mol. The predicted molar refractivity (Wildman–Crippen MR) is 71.1 cm³/mol. The molecule has 0 saturated heterocycles. The third-order valence-electron chi connectivity index (χ3n) is 3.41. The van der Waals surface area contributed by atoms with Crippen LogP contribution < -0.4 is 5.32 Å². The van der Waals surface area contributed by atoms with E-state index in [1.165, 1.54) is 24.0 Å². The number of allylic oxidation sites excluding steroid dienone is 2. The van der Waals surface area contributed by atoms with Crippen molar-refractivity contribution in [1.82, 2.24) is 10.3 Å². The molecule has 0 radical (unpaired) electrons. The van der Waals surface area contributed by atoms with Crippen molar-refractivity contribution in [2.24, 2.45) is 5.92 Å². The molecule has 1 atom stereocenters. The zero-order valence-electron chi connectivity index (χ0n) is 9.76. The van der Waals surface area contributed by atoms with Gasteiger partial charge in [0, 0.05) is 6.20 Å². The number of rotatable bonds is 3. The molecule has 1 aliphatic carbocycles. The van der Waals surface area contributed by atoms with Crippen molar-refractivity contribution in [2.45, 2.75) is 18.9 Å². The molecule has 0 amide bonds. The van der Waals surface area contributed by atoms with Crippen molar-refractivity contribution in [2.75, 3.05) is 0 Å². The molecule has 1 unspecified atom stereocenters. The van der Waals surface area contributed by atoms with Crippen LogP contribution in [-0.4, -0.2) is 11.0 Å². The molecular formula is C15H16N2. The molecule has 17 heavy (non-hydrogen) atoms. The molecule has 2 heterocycles. The summed E-state index contributed by atoms with van der Waals surface area (Å²) in [5.74, 6) is 0.797. The molecule has 1 aromatic heterocycles. The van der Waals surface area contributed by atoms with Crippen molar-refractivity contribution in [3.05, 3.63) is 54.5 Å². The van der Waals surface area contributed by atoms with Gasteiger partial charge in [-0.25, -0.2) is 0 Å². The first kappa shape index (κ1) is 10.3. The van der Waals surface area contributed by atoms with E-state index in [0.29, 0.717) is 6.04 Å². The lowest BCUT2D eigenvalue weighted by atomic mass is 9.94. The topological polar surface area (TPSA) is 24.9 Å². The van der Waals surface area contributed by atoms with Gasteiger partial charge in [0.15, 0.2) is 0 Å². The summed E-state index contributed by atoms with van der Waals surface area (Å²) < 4.78 is 0. The van der Waals surface area contributed by atoms with E-state index in [9.17, 15) is 0 Å². The quantitative estimate of drug-likeness (QED) is 0.853. The van der Waals surface area contributed by atoms with Gasteiger partial charge < -0.3 is 5.32 Å². The van der Waals surface area contributed by atoms with Crippen molar-refractivity contribution < 1.29 is 0 Å². The number of dihydropyridines is 1. The third kappa shape index (κ3) is 2.03. The van der Waals surface area contributed by atoms with Crippen LogP contribution in [0, 0.1) is 5.92 Å². The summed E-state index contributed by atoms with van der Waals surface area (Å²) in [5, 5.41) is 3.46. The zero-order valence-corrected chi connectivity index (χ0v) is 9.76. The average Bonchev–Trinajstić information content (AvgIpc) is 3.23. The maximum atomic E-state index is 4.38. The maximum absolute atomic E-state index is 4.38. The smallest absolute Gasteiger partial charge is 0.0624 e. The summed E-state index contributed by atoms with van der Waals surface area (Å²) >= 11 is 0. The van der Waals surface area contributed by atoms with Gasteiger partial charge >= 0.3 is 0 Å². The SMILES string of the molecule is C=Cc1ccc(C2=CC=CNC2C2CC2)cn1. The molecule has 2 heteroatoms. The van der Waals surface area contributed by atoms with Gasteiger partial charge in [-0.2, -0.15) is 0 Å². The number of aromatic nitrogens is 1. The van der Waals surface area contributed by atoms with E-state index in [1.807, 2.05) is 18.5 Å². The molecule has 86 valence electrons. The Morgan fingerprint density at radius 1 is 1.35 bits per heavy atom. The van der Waals surface area contributed by atoms with Gasteiger partial charge in [-0.15, -0.1) is 0 Å².